The van der Waals surface area contributed by atoms with Crippen LogP contribution in [0.1, 0.15) is 25.0 Å². The maximum Gasteiger partial charge on any atom is 0.0547 e. The van der Waals surface area contributed by atoms with Gasteiger partial charge in [0.25, 0.3) is 0 Å². The Morgan fingerprint density at radius 3 is 1.68 bits per heavy atom. The van der Waals surface area contributed by atoms with Crippen LogP contribution in [0.25, 0.3) is 92.2 Å². The van der Waals surface area contributed by atoms with E-state index in [-0.39, 0.29) is 5.41 Å². The second-order valence-corrected chi connectivity index (χ2v) is 19.2. The Bertz CT molecular complexity index is 3780. The highest BCUT2D eigenvalue weighted by Gasteiger charge is 2.37. The van der Waals surface area contributed by atoms with E-state index in [9.17, 15) is 0 Å². The van der Waals surface area contributed by atoms with Crippen molar-refractivity contribution < 1.29 is 0 Å². The third-order valence-electron chi connectivity index (χ3n) is 13.9. The van der Waals surface area contributed by atoms with Crippen molar-refractivity contribution in [3.05, 3.63) is 242 Å². The molecular weight excluding hydrogens is 817 g/mol. The third-order valence-corrected chi connectivity index (χ3v) is 15.1. The van der Waals surface area contributed by atoms with Crippen LogP contribution < -0.4 is 4.90 Å². The fraction of sp³-hybridized carbons (Fsp3) is 0.0476. The highest BCUT2D eigenvalue weighted by molar-refractivity contribution is 7.25. The van der Waals surface area contributed by atoms with E-state index in [1.54, 1.807) is 0 Å². The van der Waals surface area contributed by atoms with Crippen molar-refractivity contribution in [2.75, 3.05) is 4.90 Å². The summed E-state index contributed by atoms with van der Waals surface area (Å²) in [5.74, 6) is 0. The van der Waals surface area contributed by atoms with Crippen molar-refractivity contribution in [2.45, 2.75) is 19.3 Å². The quantitative estimate of drug-likeness (QED) is 0.155. The summed E-state index contributed by atoms with van der Waals surface area (Å²) in [7, 11) is 0. The lowest BCUT2D eigenvalue weighted by Crippen LogP contribution is -2.16. The summed E-state index contributed by atoms with van der Waals surface area (Å²) in [4.78, 5) is 2.48. The molecule has 0 aliphatic heterocycles. The second-order valence-electron chi connectivity index (χ2n) is 18.1. The Labute approximate surface area is 388 Å². The largest absolute Gasteiger partial charge is 0.310 e. The van der Waals surface area contributed by atoms with Gasteiger partial charge in [-0.25, -0.2) is 0 Å². The van der Waals surface area contributed by atoms with Gasteiger partial charge in [-0.1, -0.05) is 159 Å². The number of aromatic nitrogens is 1. The predicted octanol–water partition coefficient (Wildman–Crippen LogP) is 17.9. The summed E-state index contributed by atoms with van der Waals surface area (Å²) < 4.78 is 5.01. The molecule has 1 aliphatic rings. The number of para-hydroxylation sites is 2. The first-order valence-electron chi connectivity index (χ1n) is 22.8. The topological polar surface area (TPSA) is 8.17 Å². The Morgan fingerprint density at radius 2 is 0.939 bits per heavy atom. The van der Waals surface area contributed by atoms with Gasteiger partial charge >= 0.3 is 0 Å². The van der Waals surface area contributed by atoms with E-state index in [1.165, 1.54) is 103 Å². The van der Waals surface area contributed by atoms with Crippen molar-refractivity contribution in [1.29, 1.82) is 0 Å². The van der Waals surface area contributed by atoms with Gasteiger partial charge in [-0.15, -0.1) is 11.3 Å². The molecule has 12 aromatic rings. The summed E-state index contributed by atoms with van der Waals surface area (Å²) in [5.41, 5.74) is 19.3. The molecule has 10 aromatic carbocycles. The molecule has 3 heteroatoms. The van der Waals surface area contributed by atoms with E-state index >= 15 is 0 Å². The minimum Gasteiger partial charge on any atom is -0.310 e. The van der Waals surface area contributed by atoms with Crippen LogP contribution in [-0.4, -0.2) is 4.57 Å². The van der Waals surface area contributed by atoms with Gasteiger partial charge in [0.1, 0.15) is 0 Å². The molecule has 2 nitrogen and oxygen atoms in total. The van der Waals surface area contributed by atoms with Crippen LogP contribution in [0.5, 0.6) is 0 Å². The molecule has 0 saturated carbocycles. The number of hydrogen-bond acceptors (Lipinski definition) is 2. The Morgan fingerprint density at radius 1 is 0.364 bits per heavy atom. The van der Waals surface area contributed by atoms with Crippen LogP contribution in [0.15, 0.2) is 231 Å². The van der Waals surface area contributed by atoms with E-state index < -0.39 is 0 Å². The number of hydrogen-bond donors (Lipinski definition) is 0. The van der Waals surface area contributed by atoms with E-state index in [0.717, 1.165) is 17.1 Å². The first-order valence-corrected chi connectivity index (χ1v) is 23.6. The smallest absolute Gasteiger partial charge is 0.0547 e. The summed E-state index contributed by atoms with van der Waals surface area (Å²) in [6, 6.07) is 85.2. The first-order chi connectivity index (χ1) is 32.5. The van der Waals surface area contributed by atoms with E-state index in [0.29, 0.717) is 0 Å². The van der Waals surface area contributed by atoms with Crippen LogP contribution >= 0.6 is 11.3 Å². The molecular formula is C63H44N2S. The van der Waals surface area contributed by atoms with Gasteiger partial charge < -0.3 is 9.47 Å². The lowest BCUT2D eigenvalue weighted by Gasteiger charge is -2.29. The van der Waals surface area contributed by atoms with Crippen molar-refractivity contribution >= 4 is 70.4 Å². The summed E-state index contributed by atoms with van der Waals surface area (Å²) in [5, 5.41) is 5.12. The molecule has 1 aliphatic carbocycles. The van der Waals surface area contributed by atoms with Crippen LogP contribution in [0, 0.1) is 0 Å². The molecule has 0 radical (unpaired) electrons. The van der Waals surface area contributed by atoms with Crippen molar-refractivity contribution in [3.8, 4) is 50.2 Å². The van der Waals surface area contributed by atoms with E-state index in [4.69, 9.17) is 0 Å². The minimum atomic E-state index is -0.261. The van der Waals surface area contributed by atoms with Gasteiger partial charge in [0, 0.05) is 59.1 Å². The number of benzene rings is 10. The van der Waals surface area contributed by atoms with Crippen LogP contribution in [0.3, 0.4) is 0 Å². The average molecular weight is 861 g/mol. The zero-order valence-electron chi connectivity index (χ0n) is 36.7. The fourth-order valence-corrected chi connectivity index (χ4v) is 11.9. The lowest BCUT2D eigenvalue weighted by atomic mass is 9.81. The maximum atomic E-state index is 2.48. The predicted molar refractivity (Wildman–Crippen MR) is 282 cm³/mol. The van der Waals surface area contributed by atoms with Gasteiger partial charge in [-0.3, -0.25) is 0 Å². The first kappa shape index (κ1) is 38.5. The summed E-state index contributed by atoms with van der Waals surface area (Å²) in [6.45, 7) is 4.81. The molecule has 0 amide bonds. The third kappa shape index (κ3) is 6.08. The number of nitrogens with zero attached hydrogens (tertiary/aromatic N) is 2. The van der Waals surface area contributed by atoms with Crippen LogP contribution in [0.2, 0.25) is 0 Å². The van der Waals surface area contributed by atoms with Gasteiger partial charge in [0.05, 0.1) is 11.0 Å². The molecule has 0 atom stereocenters. The summed E-state index contributed by atoms with van der Waals surface area (Å²) in [6.07, 6.45) is 0. The summed E-state index contributed by atoms with van der Waals surface area (Å²) >= 11 is 1.86. The Hall–Kier alpha value is -7.98. The average Bonchev–Trinajstić information content (AvgIpc) is 3.99. The highest BCUT2D eigenvalue weighted by Crippen LogP contribution is 2.53. The number of rotatable bonds is 7. The second kappa shape index (κ2) is 15.1. The molecule has 13 rings (SSSR count). The molecule has 0 N–H and O–H groups in total. The molecule has 0 unspecified atom stereocenters. The molecule has 2 heterocycles. The SMILES string of the molecule is CC1(C)c2cc(-c3cccc4c3c3ccccc3n4-c3ccccc3)ccc2-c2ccc(N(c3cc(-c4ccccc4)cc(-c4ccccc4)c3)c3ccc4sc5ccccc5c4c3)cc21. The standard InChI is InChI=1S/C63H44N2S/c1-63(2)56-38-43(50-25-16-27-59-62(50)54-24-12-14-26-58(54)65(59)46-21-10-5-11-22-46)29-32-51(56)52-33-30-48(40-57(52)63)64(47-31-34-61-55(39-47)53-23-13-15-28-60(53)66-61)49-36-44(41-17-6-3-7-18-41)35-45(37-49)42-19-8-4-9-20-42/h3-40H,1-2H3. The van der Waals surface area contributed by atoms with Gasteiger partial charge in [-0.05, 0) is 141 Å². The number of anilines is 3. The van der Waals surface area contributed by atoms with E-state index in [1.807, 2.05) is 11.3 Å². The molecule has 0 saturated heterocycles. The fourth-order valence-electron chi connectivity index (χ4n) is 10.8. The van der Waals surface area contributed by atoms with Gasteiger partial charge in [-0.2, -0.15) is 0 Å². The van der Waals surface area contributed by atoms with Crippen molar-refractivity contribution in [1.82, 2.24) is 4.57 Å². The Kier molecular flexibility index (Phi) is 8.78. The molecule has 0 bridgehead atoms. The molecule has 0 fully saturated rings. The monoisotopic (exact) mass is 860 g/mol. The lowest BCUT2D eigenvalue weighted by molar-refractivity contribution is 0.660. The van der Waals surface area contributed by atoms with Crippen LogP contribution in [-0.2, 0) is 5.41 Å². The Balaban J connectivity index is 0.981. The maximum absolute atomic E-state index is 2.48. The number of fused-ring (bicyclic) bond motifs is 9. The minimum absolute atomic E-state index is 0.261. The molecule has 312 valence electrons. The zero-order chi connectivity index (χ0) is 43.9. The normalized spacial score (nSPS) is 12.8. The van der Waals surface area contributed by atoms with E-state index in [2.05, 4.69) is 254 Å². The van der Waals surface area contributed by atoms with Gasteiger partial charge in [0.15, 0.2) is 0 Å². The molecule has 0 spiro atoms. The van der Waals surface area contributed by atoms with Gasteiger partial charge in [0.2, 0.25) is 0 Å². The highest BCUT2D eigenvalue weighted by atomic mass is 32.1. The number of thiophene rings is 1. The van der Waals surface area contributed by atoms with Crippen molar-refractivity contribution in [3.63, 3.8) is 0 Å². The molecule has 2 aromatic heterocycles. The van der Waals surface area contributed by atoms with Crippen LogP contribution in [0.4, 0.5) is 17.1 Å². The zero-order valence-corrected chi connectivity index (χ0v) is 37.6. The van der Waals surface area contributed by atoms with Crippen molar-refractivity contribution in [2.24, 2.45) is 0 Å². The molecule has 66 heavy (non-hydrogen) atoms.